The molecule has 0 aliphatic carbocycles. The first-order valence-corrected chi connectivity index (χ1v) is 8.59. The molecule has 0 bridgehead atoms. The highest BCUT2D eigenvalue weighted by Gasteiger charge is 2.36. The summed E-state index contributed by atoms with van der Waals surface area (Å²) < 4.78 is 0. The van der Waals surface area contributed by atoms with Gasteiger partial charge in [0, 0.05) is 31.7 Å². The number of hydrogen-bond donors (Lipinski definition) is 2. The molecule has 7 heteroatoms. The number of halogens is 1. The molecule has 2 aromatic heterocycles. The third-order valence-corrected chi connectivity index (χ3v) is 5.43. The fourth-order valence-electron chi connectivity index (χ4n) is 3.83. The lowest BCUT2D eigenvalue weighted by atomic mass is 10.0. The second kappa shape index (κ2) is 5.43. The van der Waals surface area contributed by atoms with Crippen LogP contribution in [-0.4, -0.2) is 46.3 Å². The molecule has 4 heterocycles. The molecule has 2 aliphatic rings. The van der Waals surface area contributed by atoms with Crippen LogP contribution in [0.4, 0.5) is 5.82 Å². The van der Waals surface area contributed by atoms with Gasteiger partial charge in [-0.1, -0.05) is 29.8 Å². The maximum Gasteiger partial charge on any atom is 0.177 e. The van der Waals surface area contributed by atoms with Crippen molar-refractivity contribution in [3.63, 3.8) is 0 Å². The van der Waals surface area contributed by atoms with Crippen LogP contribution in [0.3, 0.4) is 0 Å². The van der Waals surface area contributed by atoms with E-state index in [9.17, 15) is 0 Å². The van der Waals surface area contributed by atoms with Crippen molar-refractivity contribution in [2.24, 2.45) is 11.8 Å². The zero-order valence-electron chi connectivity index (χ0n) is 13.0. The monoisotopic (exact) mass is 340 g/mol. The fraction of sp³-hybridized carbons (Fsp3) is 0.353. The number of nitrogens with zero attached hydrogens (tertiary/aromatic N) is 4. The van der Waals surface area contributed by atoms with E-state index in [1.165, 1.54) is 0 Å². The summed E-state index contributed by atoms with van der Waals surface area (Å²) >= 11 is 6.29. The summed E-state index contributed by atoms with van der Waals surface area (Å²) in [6.45, 7) is 4.31. The first-order valence-electron chi connectivity index (χ1n) is 8.21. The van der Waals surface area contributed by atoms with Gasteiger partial charge >= 0.3 is 0 Å². The molecule has 2 fully saturated rings. The molecule has 0 spiro atoms. The highest BCUT2D eigenvalue weighted by molar-refractivity contribution is 6.33. The third kappa shape index (κ3) is 2.17. The molecule has 2 N–H and O–H groups in total. The van der Waals surface area contributed by atoms with Crippen LogP contribution in [0.15, 0.2) is 30.5 Å². The molecule has 24 heavy (non-hydrogen) atoms. The van der Waals surface area contributed by atoms with E-state index in [0.29, 0.717) is 10.7 Å². The van der Waals surface area contributed by atoms with Crippen molar-refractivity contribution in [1.82, 2.24) is 25.5 Å². The zero-order chi connectivity index (χ0) is 16.1. The van der Waals surface area contributed by atoms with Gasteiger partial charge in [-0.15, -0.1) is 0 Å². The number of aromatic amines is 1. The molecule has 2 atom stereocenters. The van der Waals surface area contributed by atoms with Gasteiger partial charge in [0.15, 0.2) is 5.65 Å². The molecule has 122 valence electrons. The van der Waals surface area contributed by atoms with Crippen LogP contribution in [0.1, 0.15) is 0 Å². The van der Waals surface area contributed by atoms with E-state index in [2.05, 4.69) is 25.4 Å². The fourth-order valence-corrected chi connectivity index (χ4v) is 4.05. The van der Waals surface area contributed by atoms with Crippen molar-refractivity contribution in [3.05, 3.63) is 35.5 Å². The molecule has 2 saturated heterocycles. The summed E-state index contributed by atoms with van der Waals surface area (Å²) in [5.41, 5.74) is 3.08. The number of fused-ring (bicyclic) bond motifs is 2. The maximum absolute atomic E-state index is 6.29. The Balaban J connectivity index is 1.51. The zero-order valence-corrected chi connectivity index (χ0v) is 13.8. The summed E-state index contributed by atoms with van der Waals surface area (Å²) in [5.74, 6) is 2.37. The lowest BCUT2D eigenvalue weighted by Gasteiger charge is -2.17. The van der Waals surface area contributed by atoms with Gasteiger partial charge in [0.25, 0.3) is 0 Å². The Bertz CT molecular complexity index is 895. The second-order valence-electron chi connectivity index (χ2n) is 6.56. The number of rotatable bonds is 2. The van der Waals surface area contributed by atoms with Gasteiger partial charge in [-0.3, -0.25) is 5.10 Å². The predicted molar refractivity (Wildman–Crippen MR) is 94.2 cm³/mol. The number of anilines is 1. The highest BCUT2D eigenvalue weighted by atomic mass is 35.5. The highest BCUT2D eigenvalue weighted by Crippen LogP contribution is 2.32. The van der Waals surface area contributed by atoms with Gasteiger partial charge in [-0.25, -0.2) is 9.97 Å². The van der Waals surface area contributed by atoms with Gasteiger partial charge in [0.2, 0.25) is 0 Å². The molecule has 0 saturated carbocycles. The molecule has 3 aromatic rings. The van der Waals surface area contributed by atoms with Crippen molar-refractivity contribution < 1.29 is 0 Å². The quantitative estimate of drug-likeness (QED) is 0.749. The molecular formula is C17H17ClN6. The Morgan fingerprint density at radius 2 is 1.92 bits per heavy atom. The standard InChI is InChI=1S/C17H17ClN6/c18-13-4-2-1-3-12(13)15-16-17(23-22-15)21-14(7-20-16)24-8-10-5-19-6-11(10)9-24/h1-4,7,10-11,19H,5-6,8-9H2,(H,21,22,23). The lowest BCUT2D eigenvalue weighted by molar-refractivity contribution is 0.533. The van der Waals surface area contributed by atoms with Crippen LogP contribution in [0, 0.1) is 11.8 Å². The molecule has 0 amide bonds. The number of H-pyrrole nitrogens is 1. The molecule has 6 nitrogen and oxygen atoms in total. The summed E-state index contributed by atoms with van der Waals surface area (Å²) in [6.07, 6.45) is 1.85. The topological polar surface area (TPSA) is 69.7 Å². The summed E-state index contributed by atoms with van der Waals surface area (Å²) in [6, 6.07) is 7.66. The molecule has 1 aromatic carbocycles. The van der Waals surface area contributed by atoms with E-state index in [-0.39, 0.29) is 0 Å². The average Bonchev–Trinajstić information content (AvgIpc) is 3.28. The molecule has 2 unspecified atom stereocenters. The maximum atomic E-state index is 6.29. The van der Waals surface area contributed by atoms with Crippen molar-refractivity contribution in [3.8, 4) is 11.3 Å². The van der Waals surface area contributed by atoms with Crippen molar-refractivity contribution in [2.45, 2.75) is 0 Å². The summed E-state index contributed by atoms with van der Waals surface area (Å²) in [5, 5.41) is 11.5. The van der Waals surface area contributed by atoms with Gasteiger partial charge < -0.3 is 10.2 Å². The Hall–Kier alpha value is -2.18. The van der Waals surface area contributed by atoms with Crippen LogP contribution in [0.25, 0.3) is 22.4 Å². The normalized spacial score (nSPS) is 23.1. The summed E-state index contributed by atoms with van der Waals surface area (Å²) in [4.78, 5) is 11.7. The van der Waals surface area contributed by atoms with E-state index in [1.54, 1.807) is 0 Å². The first-order chi connectivity index (χ1) is 11.8. The minimum atomic E-state index is 0.664. The van der Waals surface area contributed by atoms with E-state index in [1.807, 2.05) is 30.5 Å². The third-order valence-electron chi connectivity index (χ3n) is 5.10. The Kier molecular flexibility index (Phi) is 3.21. The Labute approximate surface area is 144 Å². The van der Waals surface area contributed by atoms with Gasteiger partial charge in [0.05, 0.1) is 11.2 Å². The number of nitrogens with one attached hydrogen (secondary N) is 2. The molecule has 2 aliphatic heterocycles. The number of aromatic nitrogens is 4. The first kappa shape index (κ1) is 14.2. The van der Waals surface area contributed by atoms with E-state index in [4.69, 9.17) is 16.6 Å². The van der Waals surface area contributed by atoms with Gasteiger partial charge in [-0.2, -0.15) is 5.10 Å². The summed E-state index contributed by atoms with van der Waals surface area (Å²) in [7, 11) is 0. The van der Waals surface area contributed by atoms with Crippen molar-refractivity contribution in [1.29, 1.82) is 0 Å². The van der Waals surface area contributed by atoms with Crippen LogP contribution >= 0.6 is 11.6 Å². The molecular weight excluding hydrogens is 324 g/mol. The minimum absolute atomic E-state index is 0.664. The molecule has 0 radical (unpaired) electrons. The average molecular weight is 341 g/mol. The lowest BCUT2D eigenvalue weighted by Crippen LogP contribution is -2.26. The van der Waals surface area contributed by atoms with Gasteiger partial charge in [0.1, 0.15) is 17.0 Å². The Morgan fingerprint density at radius 3 is 2.71 bits per heavy atom. The van der Waals surface area contributed by atoms with Crippen LogP contribution < -0.4 is 10.2 Å². The predicted octanol–water partition coefficient (Wildman–Crippen LogP) is 2.33. The largest absolute Gasteiger partial charge is 0.355 e. The van der Waals surface area contributed by atoms with Crippen LogP contribution in [-0.2, 0) is 0 Å². The number of hydrogen-bond acceptors (Lipinski definition) is 5. The van der Waals surface area contributed by atoms with E-state index < -0.39 is 0 Å². The minimum Gasteiger partial charge on any atom is -0.355 e. The van der Waals surface area contributed by atoms with Crippen molar-refractivity contribution in [2.75, 3.05) is 31.1 Å². The van der Waals surface area contributed by atoms with Crippen molar-refractivity contribution >= 4 is 28.6 Å². The van der Waals surface area contributed by atoms with E-state index >= 15 is 0 Å². The van der Waals surface area contributed by atoms with Crippen LogP contribution in [0.5, 0.6) is 0 Å². The smallest absolute Gasteiger partial charge is 0.177 e. The van der Waals surface area contributed by atoms with Crippen LogP contribution in [0.2, 0.25) is 5.02 Å². The number of benzene rings is 1. The molecule has 5 rings (SSSR count). The van der Waals surface area contributed by atoms with E-state index in [0.717, 1.165) is 60.6 Å². The Morgan fingerprint density at radius 1 is 1.12 bits per heavy atom. The second-order valence-corrected chi connectivity index (χ2v) is 6.97. The SMILES string of the molecule is Clc1ccccc1-c1n[nH]c2nc(N3CC4CNCC4C3)cnc12. The van der Waals surface area contributed by atoms with Gasteiger partial charge in [-0.05, 0) is 17.9 Å².